The summed E-state index contributed by atoms with van der Waals surface area (Å²) in [6.07, 6.45) is -7.99. The summed E-state index contributed by atoms with van der Waals surface area (Å²) in [5, 5.41) is 3.26. The van der Waals surface area contributed by atoms with E-state index in [1.807, 2.05) is 0 Å². The molecule has 0 spiro atoms. The Morgan fingerprint density at radius 3 is 2.09 bits per heavy atom. The van der Waals surface area contributed by atoms with E-state index in [2.05, 4.69) is 5.32 Å². The molecular weight excluding hydrogens is 477 g/mol. The topological polar surface area (TPSA) is 32.3 Å². The van der Waals surface area contributed by atoms with Crippen molar-refractivity contribution in [3.8, 4) is 0 Å². The van der Waals surface area contributed by atoms with Crippen LogP contribution in [0, 0.1) is 5.82 Å². The van der Waals surface area contributed by atoms with Gasteiger partial charge in [-0.1, -0.05) is 12.1 Å². The molecule has 1 saturated heterocycles. The molecule has 2 aromatic carbocycles. The van der Waals surface area contributed by atoms with E-state index in [9.17, 15) is 35.5 Å². The average molecular weight is 504 g/mol. The van der Waals surface area contributed by atoms with Crippen molar-refractivity contribution in [3.05, 3.63) is 70.5 Å². The molecular formula is C25H27F7N2O. The van der Waals surface area contributed by atoms with Crippen molar-refractivity contribution in [1.82, 2.24) is 10.2 Å². The fraction of sp³-hybridized carbons (Fsp3) is 0.480. The molecule has 1 heterocycles. The van der Waals surface area contributed by atoms with Crippen LogP contribution >= 0.6 is 0 Å². The van der Waals surface area contributed by atoms with Gasteiger partial charge in [-0.15, -0.1) is 0 Å². The molecule has 0 saturated carbocycles. The van der Waals surface area contributed by atoms with Gasteiger partial charge in [0.25, 0.3) is 0 Å². The second kappa shape index (κ2) is 10.2. The van der Waals surface area contributed by atoms with Crippen LogP contribution in [0.4, 0.5) is 30.7 Å². The molecule has 0 aromatic heterocycles. The highest BCUT2D eigenvalue weighted by Gasteiger charge is 2.39. The molecule has 1 aliphatic heterocycles. The van der Waals surface area contributed by atoms with E-state index in [4.69, 9.17) is 0 Å². The summed E-state index contributed by atoms with van der Waals surface area (Å²) in [4.78, 5) is 14.5. The molecule has 0 radical (unpaired) electrons. The molecule has 1 aliphatic rings. The minimum atomic E-state index is -4.97. The summed E-state index contributed by atoms with van der Waals surface area (Å²) in [7, 11) is 1.37. The molecule has 0 aliphatic carbocycles. The first-order chi connectivity index (χ1) is 16.2. The van der Waals surface area contributed by atoms with Crippen molar-refractivity contribution in [2.75, 3.05) is 20.1 Å². The van der Waals surface area contributed by atoms with Crippen LogP contribution in [0.2, 0.25) is 0 Å². The van der Waals surface area contributed by atoms with Crippen molar-refractivity contribution in [1.29, 1.82) is 0 Å². The maximum absolute atomic E-state index is 13.5. The van der Waals surface area contributed by atoms with E-state index in [1.165, 1.54) is 31.0 Å². The van der Waals surface area contributed by atoms with Gasteiger partial charge in [-0.2, -0.15) is 26.3 Å². The summed E-state index contributed by atoms with van der Waals surface area (Å²) in [6.45, 7) is 2.76. The van der Waals surface area contributed by atoms with Gasteiger partial charge in [0.05, 0.1) is 17.2 Å². The molecule has 3 rings (SSSR count). The van der Waals surface area contributed by atoms with Crippen LogP contribution in [0.1, 0.15) is 60.9 Å². The molecule has 1 amide bonds. The van der Waals surface area contributed by atoms with E-state index in [1.54, 1.807) is 12.1 Å². The number of benzene rings is 2. The Bertz CT molecular complexity index is 991. The van der Waals surface area contributed by atoms with Gasteiger partial charge < -0.3 is 10.2 Å². The number of nitrogens with zero attached hydrogens (tertiary/aromatic N) is 1. The summed E-state index contributed by atoms with van der Waals surface area (Å²) in [5.74, 6) is -0.840. The maximum atomic E-state index is 13.5. The third-order valence-electron chi connectivity index (χ3n) is 6.80. The zero-order valence-electron chi connectivity index (χ0n) is 19.4. The lowest BCUT2D eigenvalue weighted by molar-refractivity contribution is -0.143. The standard InChI is InChI=1S/C25H27F7N2O/c1-16(17-12-19(24(27,28)29)14-20(13-17)25(30,31)32)34(2)22(35)15-23(8-3-10-33-11-9-23)18-4-6-21(26)7-5-18/h4-7,12-14,16,33H,3,8-11,15H2,1-2H3/t16-,23?/m1/s1. The lowest BCUT2D eigenvalue weighted by atomic mass is 9.71. The number of hydrogen-bond acceptors (Lipinski definition) is 2. The van der Waals surface area contributed by atoms with Crippen molar-refractivity contribution in [2.24, 2.45) is 0 Å². The highest BCUT2D eigenvalue weighted by molar-refractivity contribution is 5.78. The minimum absolute atomic E-state index is 0.00770. The molecule has 3 nitrogen and oxygen atoms in total. The SMILES string of the molecule is C[C@H](c1cc(C(F)(F)F)cc(C(F)(F)F)c1)N(C)C(=O)CC1(c2ccc(F)cc2)CCCNCC1. The molecule has 35 heavy (non-hydrogen) atoms. The molecule has 10 heteroatoms. The van der Waals surface area contributed by atoms with Crippen LogP contribution in [0.3, 0.4) is 0 Å². The second-order valence-electron chi connectivity index (χ2n) is 9.09. The summed E-state index contributed by atoms with van der Waals surface area (Å²) >= 11 is 0. The normalized spacial score (nSPS) is 20.3. The summed E-state index contributed by atoms with van der Waals surface area (Å²) in [6, 6.07) is 6.20. The molecule has 1 N–H and O–H groups in total. The summed E-state index contributed by atoms with van der Waals surface area (Å²) < 4.78 is 93.3. The molecule has 192 valence electrons. The van der Waals surface area contributed by atoms with Gasteiger partial charge in [0, 0.05) is 18.9 Å². The molecule has 2 aromatic rings. The maximum Gasteiger partial charge on any atom is 0.416 e. The first-order valence-corrected chi connectivity index (χ1v) is 11.2. The number of alkyl halides is 6. The zero-order valence-corrected chi connectivity index (χ0v) is 19.4. The van der Waals surface area contributed by atoms with Crippen LogP contribution in [0.15, 0.2) is 42.5 Å². The third kappa shape index (κ3) is 6.34. The smallest absolute Gasteiger partial charge is 0.339 e. The Kier molecular flexibility index (Phi) is 7.83. The monoisotopic (exact) mass is 504 g/mol. The van der Waals surface area contributed by atoms with Crippen molar-refractivity contribution in [3.63, 3.8) is 0 Å². The Morgan fingerprint density at radius 2 is 1.54 bits per heavy atom. The number of hydrogen-bond donors (Lipinski definition) is 1. The number of carbonyl (C=O) groups excluding carboxylic acids is 1. The van der Waals surface area contributed by atoms with Gasteiger partial charge in [0.15, 0.2) is 0 Å². The highest BCUT2D eigenvalue weighted by atomic mass is 19.4. The van der Waals surface area contributed by atoms with Crippen LogP contribution in [0.25, 0.3) is 0 Å². The molecule has 0 bridgehead atoms. The van der Waals surface area contributed by atoms with Gasteiger partial charge in [-0.3, -0.25) is 4.79 Å². The fourth-order valence-electron chi connectivity index (χ4n) is 4.57. The van der Waals surface area contributed by atoms with E-state index < -0.39 is 46.7 Å². The predicted molar refractivity (Wildman–Crippen MR) is 117 cm³/mol. The van der Waals surface area contributed by atoms with Crippen LogP contribution in [-0.4, -0.2) is 30.9 Å². The lowest BCUT2D eigenvalue weighted by Gasteiger charge is -2.36. The number of rotatable bonds is 5. The van der Waals surface area contributed by atoms with E-state index in [0.717, 1.165) is 18.5 Å². The molecule has 1 fully saturated rings. The fourth-order valence-corrected chi connectivity index (χ4v) is 4.57. The Hall–Kier alpha value is -2.62. The summed E-state index contributed by atoms with van der Waals surface area (Å²) in [5.41, 5.74) is -2.97. The van der Waals surface area contributed by atoms with Gasteiger partial charge in [-0.25, -0.2) is 4.39 Å². The zero-order chi connectivity index (χ0) is 26.0. The highest BCUT2D eigenvalue weighted by Crippen LogP contribution is 2.40. The Labute approximate surface area is 199 Å². The number of halogens is 7. The van der Waals surface area contributed by atoms with Gasteiger partial charge in [-0.05, 0) is 80.7 Å². The van der Waals surface area contributed by atoms with E-state index in [0.29, 0.717) is 31.5 Å². The second-order valence-corrected chi connectivity index (χ2v) is 9.09. The van der Waals surface area contributed by atoms with Crippen LogP contribution < -0.4 is 5.32 Å². The Morgan fingerprint density at radius 1 is 0.971 bits per heavy atom. The van der Waals surface area contributed by atoms with Gasteiger partial charge >= 0.3 is 12.4 Å². The van der Waals surface area contributed by atoms with E-state index in [-0.39, 0.29) is 18.1 Å². The largest absolute Gasteiger partial charge is 0.416 e. The number of amides is 1. The number of nitrogens with one attached hydrogen (secondary N) is 1. The number of carbonyl (C=O) groups is 1. The van der Waals surface area contributed by atoms with Gasteiger partial charge in [0.2, 0.25) is 5.91 Å². The van der Waals surface area contributed by atoms with Crippen LogP contribution in [-0.2, 0) is 22.6 Å². The predicted octanol–water partition coefficient (Wildman–Crippen LogP) is 6.48. The Balaban J connectivity index is 1.92. The quantitative estimate of drug-likeness (QED) is 0.473. The van der Waals surface area contributed by atoms with Crippen LogP contribution in [0.5, 0.6) is 0 Å². The van der Waals surface area contributed by atoms with Crippen molar-refractivity contribution >= 4 is 5.91 Å². The lowest BCUT2D eigenvalue weighted by Crippen LogP contribution is -2.38. The third-order valence-corrected chi connectivity index (χ3v) is 6.80. The first kappa shape index (κ1) is 27.0. The molecule has 1 unspecified atom stereocenters. The van der Waals surface area contributed by atoms with Gasteiger partial charge in [0.1, 0.15) is 5.82 Å². The van der Waals surface area contributed by atoms with Crippen molar-refractivity contribution < 1.29 is 35.5 Å². The van der Waals surface area contributed by atoms with E-state index >= 15 is 0 Å². The van der Waals surface area contributed by atoms with Crippen molar-refractivity contribution in [2.45, 2.75) is 56.4 Å². The average Bonchev–Trinajstić information content (AvgIpc) is 3.03. The first-order valence-electron chi connectivity index (χ1n) is 11.2. The molecule has 2 atom stereocenters. The minimum Gasteiger partial charge on any atom is -0.339 e.